The molecule has 3 N–H and O–H groups in total. The van der Waals surface area contributed by atoms with Crippen molar-refractivity contribution in [2.45, 2.75) is 398 Å². The predicted molar refractivity (Wildman–Crippen MR) is 352 cm³/mol. The van der Waals surface area contributed by atoms with E-state index in [1.54, 1.807) is 6.08 Å². The van der Waals surface area contributed by atoms with Gasteiger partial charge in [-0.1, -0.05) is 332 Å². The van der Waals surface area contributed by atoms with E-state index in [9.17, 15) is 19.8 Å². The SMILES string of the molecule is CCCCC/C=C\C/C=C\CCCCCCCCCCCC(=O)OCCCCCCCCCC/C=C\CCCCCCCCCC(=O)NC(CO)C(O)/C=C/CCCCCCCCCCCCCCCCCCCCCCCCC. The average Bonchev–Trinajstić information content (AvgIpc) is 3.46. The lowest BCUT2D eigenvalue weighted by Crippen LogP contribution is -2.45. The number of amides is 1. The number of allylic oxidation sites excluding steroid dienone is 7. The van der Waals surface area contributed by atoms with Gasteiger partial charge >= 0.3 is 5.97 Å². The van der Waals surface area contributed by atoms with Gasteiger partial charge in [-0.25, -0.2) is 0 Å². The van der Waals surface area contributed by atoms with E-state index in [1.165, 1.54) is 302 Å². The molecule has 6 heteroatoms. The molecule has 0 bridgehead atoms. The van der Waals surface area contributed by atoms with E-state index in [0.717, 1.165) is 57.8 Å². The van der Waals surface area contributed by atoms with Crippen LogP contribution in [0.2, 0.25) is 0 Å². The standard InChI is InChI=1S/C74H139NO5/c1-3-5-7-9-11-13-15-17-19-21-23-24-25-26-27-28-31-34-38-42-46-50-54-58-62-66-72(77)71(70-76)75-73(78)67-63-59-55-51-47-43-39-35-32-29-33-37-41-45-49-53-57-61-65-69-80-74(79)68-64-60-56-52-48-44-40-36-30-22-20-18-16-14-12-10-8-6-4-2/h12,14,18,20,29,32,62,66,71-72,76-77H,3-11,13,15-17,19,21-28,30-31,33-61,63-65,67-70H2,1-2H3,(H,75,78)/b14-12-,20-18-,32-29-,66-62+. The highest BCUT2D eigenvalue weighted by atomic mass is 16.5. The van der Waals surface area contributed by atoms with Gasteiger partial charge in [0, 0.05) is 12.8 Å². The minimum Gasteiger partial charge on any atom is -0.466 e. The highest BCUT2D eigenvalue weighted by Gasteiger charge is 2.18. The number of esters is 1. The van der Waals surface area contributed by atoms with E-state index in [1.807, 2.05) is 6.08 Å². The van der Waals surface area contributed by atoms with Crippen LogP contribution >= 0.6 is 0 Å². The summed E-state index contributed by atoms with van der Waals surface area (Å²) in [5.74, 6) is -0.0743. The zero-order chi connectivity index (χ0) is 57.8. The quantitative estimate of drug-likeness (QED) is 0.0320. The summed E-state index contributed by atoms with van der Waals surface area (Å²) in [4.78, 5) is 24.7. The molecule has 0 aliphatic rings. The third-order valence-corrected chi connectivity index (χ3v) is 16.6. The summed E-state index contributed by atoms with van der Waals surface area (Å²) >= 11 is 0. The summed E-state index contributed by atoms with van der Waals surface area (Å²) in [5.41, 5.74) is 0. The van der Waals surface area contributed by atoms with Crippen LogP contribution in [0.3, 0.4) is 0 Å². The first-order chi connectivity index (χ1) is 39.5. The molecule has 0 aliphatic heterocycles. The number of rotatable bonds is 67. The lowest BCUT2D eigenvalue weighted by Gasteiger charge is -2.20. The van der Waals surface area contributed by atoms with Crippen molar-refractivity contribution < 1.29 is 24.5 Å². The summed E-state index contributed by atoms with van der Waals surface area (Å²) in [6.45, 7) is 4.90. The number of carbonyl (C=O) groups is 2. The van der Waals surface area contributed by atoms with Crippen LogP contribution < -0.4 is 5.32 Å². The van der Waals surface area contributed by atoms with Gasteiger partial charge in [0.05, 0.1) is 25.4 Å². The fourth-order valence-electron chi connectivity index (χ4n) is 11.1. The molecular weight excluding hydrogens is 983 g/mol. The molecule has 0 saturated carbocycles. The first-order valence-corrected chi connectivity index (χ1v) is 35.9. The summed E-state index contributed by atoms with van der Waals surface area (Å²) in [6, 6.07) is -0.638. The van der Waals surface area contributed by atoms with Crippen molar-refractivity contribution in [3.05, 3.63) is 48.6 Å². The second-order valence-electron chi connectivity index (χ2n) is 24.6. The summed E-state index contributed by atoms with van der Waals surface area (Å²) in [7, 11) is 0. The number of aliphatic hydroxyl groups is 2. The molecule has 0 radical (unpaired) electrons. The molecule has 1 amide bonds. The van der Waals surface area contributed by atoms with Gasteiger partial charge < -0.3 is 20.3 Å². The highest BCUT2D eigenvalue weighted by molar-refractivity contribution is 5.76. The van der Waals surface area contributed by atoms with Crippen molar-refractivity contribution in [2.24, 2.45) is 0 Å². The summed E-state index contributed by atoms with van der Waals surface area (Å²) in [6.07, 6.45) is 90.4. The predicted octanol–water partition coefficient (Wildman–Crippen LogP) is 23.3. The molecule has 470 valence electrons. The Balaban J connectivity index is 3.46. The molecule has 0 aliphatic carbocycles. The molecule has 2 unspecified atom stereocenters. The van der Waals surface area contributed by atoms with Crippen LogP contribution in [-0.4, -0.2) is 47.4 Å². The molecule has 0 aromatic carbocycles. The van der Waals surface area contributed by atoms with Gasteiger partial charge in [-0.3, -0.25) is 9.59 Å². The van der Waals surface area contributed by atoms with Crippen molar-refractivity contribution in [1.82, 2.24) is 5.32 Å². The van der Waals surface area contributed by atoms with Crippen LogP contribution in [0, 0.1) is 0 Å². The van der Waals surface area contributed by atoms with Crippen LogP contribution in [0.1, 0.15) is 386 Å². The average molecular weight is 1120 g/mol. The first kappa shape index (κ1) is 77.8. The van der Waals surface area contributed by atoms with Gasteiger partial charge in [0.25, 0.3) is 0 Å². The Morgan fingerprint density at radius 1 is 0.350 bits per heavy atom. The van der Waals surface area contributed by atoms with Crippen molar-refractivity contribution >= 4 is 11.9 Å². The number of hydrogen-bond donors (Lipinski definition) is 3. The van der Waals surface area contributed by atoms with Crippen LogP contribution in [0.4, 0.5) is 0 Å². The van der Waals surface area contributed by atoms with Crippen LogP contribution in [0.5, 0.6) is 0 Å². The van der Waals surface area contributed by atoms with Crippen molar-refractivity contribution in [1.29, 1.82) is 0 Å². The van der Waals surface area contributed by atoms with Gasteiger partial charge in [-0.05, 0) is 89.9 Å². The van der Waals surface area contributed by atoms with Crippen LogP contribution in [0.15, 0.2) is 48.6 Å². The van der Waals surface area contributed by atoms with E-state index < -0.39 is 12.1 Å². The molecule has 2 atom stereocenters. The fraction of sp³-hybridized carbons (Fsp3) is 0.865. The second kappa shape index (κ2) is 69.3. The number of unbranched alkanes of at least 4 members (excludes halogenated alkanes) is 50. The van der Waals surface area contributed by atoms with Gasteiger partial charge in [0.1, 0.15) is 0 Å². The molecule has 0 fully saturated rings. The maximum atomic E-state index is 12.5. The third kappa shape index (κ3) is 65.0. The zero-order valence-electron chi connectivity index (χ0n) is 53.8. The minimum absolute atomic E-state index is 0.0000654. The molecule has 0 heterocycles. The third-order valence-electron chi connectivity index (χ3n) is 16.6. The van der Waals surface area contributed by atoms with Gasteiger partial charge in [-0.2, -0.15) is 0 Å². The Morgan fingerprint density at radius 3 is 0.988 bits per heavy atom. The van der Waals surface area contributed by atoms with Crippen molar-refractivity contribution in [2.75, 3.05) is 13.2 Å². The number of ether oxygens (including phenoxy) is 1. The normalized spacial score (nSPS) is 12.8. The van der Waals surface area contributed by atoms with Gasteiger partial charge in [-0.15, -0.1) is 0 Å². The maximum Gasteiger partial charge on any atom is 0.305 e. The van der Waals surface area contributed by atoms with Crippen molar-refractivity contribution in [3.8, 4) is 0 Å². The Kier molecular flexibility index (Phi) is 67.4. The van der Waals surface area contributed by atoms with Crippen molar-refractivity contribution in [3.63, 3.8) is 0 Å². The molecule has 80 heavy (non-hydrogen) atoms. The van der Waals surface area contributed by atoms with Gasteiger partial charge in [0.15, 0.2) is 0 Å². The number of nitrogens with one attached hydrogen (secondary N) is 1. The lowest BCUT2D eigenvalue weighted by molar-refractivity contribution is -0.143. The van der Waals surface area contributed by atoms with E-state index in [0.29, 0.717) is 19.4 Å². The number of hydrogen-bond acceptors (Lipinski definition) is 5. The highest BCUT2D eigenvalue weighted by Crippen LogP contribution is 2.18. The maximum absolute atomic E-state index is 12.5. The monoisotopic (exact) mass is 1120 g/mol. The topological polar surface area (TPSA) is 95.9 Å². The fourth-order valence-corrected chi connectivity index (χ4v) is 11.1. The zero-order valence-corrected chi connectivity index (χ0v) is 53.8. The summed E-state index contributed by atoms with van der Waals surface area (Å²) in [5, 5.41) is 23.3. The Labute approximate surface area is 499 Å². The molecule has 0 spiro atoms. The number of aliphatic hydroxyl groups excluding tert-OH is 2. The molecule has 0 saturated heterocycles. The molecule has 6 nitrogen and oxygen atoms in total. The molecular formula is C74H139NO5. The summed E-state index contributed by atoms with van der Waals surface area (Å²) < 4.78 is 5.50. The van der Waals surface area contributed by atoms with Crippen LogP contribution in [0.25, 0.3) is 0 Å². The van der Waals surface area contributed by atoms with Crippen LogP contribution in [-0.2, 0) is 14.3 Å². The van der Waals surface area contributed by atoms with E-state index >= 15 is 0 Å². The number of carbonyl (C=O) groups excluding carboxylic acids is 2. The Hall–Kier alpha value is -2.18. The molecule has 0 aromatic heterocycles. The largest absolute Gasteiger partial charge is 0.466 e. The second-order valence-corrected chi connectivity index (χ2v) is 24.6. The lowest BCUT2D eigenvalue weighted by atomic mass is 10.0. The Morgan fingerprint density at radius 2 is 0.625 bits per heavy atom. The Bertz CT molecular complexity index is 1340. The van der Waals surface area contributed by atoms with E-state index in [-0.39, 0.29) is 18.5 Å². The van der Waals surface area contributed by atoms with Gasteiger partial charge in [0.2, 0.25) is 5.91 Å². The molecule has 0 aromatic rings. The molecule has 0 rings (SSSR count). The smallest absolute Gasteiger partial charge is 0.305 e. The van der Waals surface area contributed by atoms with E-state index in [4.69, 9.17) is 4.74 Å². The first-order valence-electron chi connectivity index (χ1n) is 35.9. The van der Waals surface area contributed by atoms with E-state index in [2.05, 4.69) is 55.6 Å². The minimum atomic E-state index is -0.854.